The molecule has 0 saturated carbocycles. The fourth-order valence-corrected chi connectivity index (χ4v) is 5.44. The van der Waals surface area contributed by atoms with Crippen LogP contribution in [0.3, 0.4) is 0 Å². The third-order valence-corrected chi connectivity index (χ3v) is 6.81. The molecule has 13 nitrogen and oxygen atoms in total. The molecule has 0 aliphatic carbocycles. The Morgan fingerprint density at radius 2 is 1.97 bits per heavy atom. The third-order valence-electron chi connectivity index (χ3n) is 4.35. The molecular formula is C17H22N10O3S2. The lowest BCUT2D eigenvalue weighted by Crippen LogP contribution is -2.32. The van der Waals surface area contributed by atoms with E-state index in [1.165, 1.54) is 18.5 Å². The average molecular weight is 479 g/mol. The van der Waals surface area contributed by atoms with Crippen molar-refractivity contribution in [3.05, 3.63) is 48.3 Å². The number of nitrogens with two attached hydrogens (primary N) is 4. The number of aromatic nitrogens is 3. The Morgan fingerprint density at radius 3 is 2.59 bits per heavy atom. The molecule has 1 unspecified atom stereocenters. The summed E-state index contributed by atoms with van der Waals surface area (Å²) in [7, 11) is -6.36. The summed E-state index contributed by atoms with van der Waals surface area (Å²) in [4.78, 5) is 3.58. The van der Waals surface area contributed by atoms with E-state index in [0.29, 0.717) is 22.5 Å². The summed E-state index contributed by atoms with van der Waals surface area (Å²) in [6.07, 6.45) is 1.37. The van der Waals surface area contributed by atoms with Crippen molar-refractivity contribution >= 4 is 26.8 Å². The second kappa shape index (κ2) is 9.94. The van der Waals surface area contributed by atoms with Crippen LogP contribution in [-0.2, 0) is 21.0 Å². The van der Waals surface area contributed by atoms with Crippen LogP contribution in [0.5, 0.6) is 0 Å². The van der Waals surface area contributed by atoms with E-state index in [0.717, 1.165) is 0 Å². The first-order valence-corrected chi connectivity index (χ1v) is 11.8. The molecule has 0 aliphatic heterocycles. The lowest BCUT2D eigenvalue weighted by molar-refractivity contribution is 0.579. The number of hydrogen-bond donors (Lipinski definition) is 7. The van der Waals surface area contributed by atoms with E-state index in [2.05, 4.69) is 30.5 Å². The molecule has 2 aromatic carbocycles. The highest BCUT2D eigenvalue weighted by molar-refractivity contribution is 7.90. The van der Waals surface area contributed by atoms with Gasteiger partial charge in [0.2, 0.25) is 10.0 Å². The van der Waals surface area contributed by atoms with E-state index in [-0.39, 0.29) is 34.3 Å². The van der Waals surface area contributed by atoms with Crippen LogP contribution in [0.4, 0.5) is 0 Å². The fraction of sp³-hybridized carbons (Fsp3) is 0.118. The summed E-state index contributed by atoms with van der Waals surface area (Å²) in [6, 6.07) is 9.90. The molecule has 0 fully saturated rings. The van der Waals surface area contributed by atoms with Gasteiger partial charge in [0, 0.05) is 24.2 Å². The molecule has 0 saturated heterocycles. The van der Waals surface area contributed by atoms with Crippen molar-refractivity contribution in [3.63, 3.8) is 0 Å². The van der Waals surface area contributed by atoms with Gasteiger partial charge in [-0.15, -0.1) is 5.10 Å². The number of hydrogen-bond acceptors (Lipinski definition) is 9. The smallest absolute Gasteiger partial charge is 0.241 e. The molecule has 3 rings (SSSR count). The molecule has 1 heterocycles. The largest absolute Gasteiger partial charge is 0.382 e. The number of benzene rings is 2. The number of nitrogens with one attached hydrogen (secondary N) is 3. The van der Waals surface area contributed by atoms with Gasteiger partial charge in [0.1, 0.15) is 22.2 Å². The zero-order valence-electron chi connectivity index (χ0n) is 16.6. The van der Waals surface area contributed by atoms with Crippen molar-refractivity contribution in [2.24, 2.45) is 27.6 Å². The predicted molar refractivity (Wildman–Crippen MR) is 120 cm³/mol. The second-order valence-electron chi connectivity index (χ2n) is 6.34. The Hall–Kier alpha value is -3.21. The molecule has 0 bridgehead atoms. The fourth-order valence-electron chi connectivity index (χ4n) is 3.04. The van der Waals surface area contributed by atoms with Crippen LogP contribution >= 0.6 is 0 Å². The predicted octanol–water partition coefficient (Wildman–Crippen LogP) is -1.56. The first-order valence-electron chi connectivity index (χ1n) is 9.08. The van der Waals surface area contributed by atoms with Crippen molar-refractivity contribution in [2.75, 3.05) is 13.1 Å². The quantitative estimate of drug-likeness (QED) is 0.0814. The maximum Gasteiger partial charge on any atom is 0.241 e. The van der Waals surface area contributed by atoms with Crippen LogP contribution < -0.4 is 32.7 Å². The van der Waals surface area contributed by atoms with Gasteiger partial charge in [-0.25, -0.2) is 38.8 Å². The molecule has 0 spiro atoms. The van der Waals surface area contributed by atoms with E-state index in [4.69, 9.17) is 22.4 Å². The Morgan fingerprint density at radius 1 is 1.22 bits per heavy atom. The lowest BCUT2D eigenvalue weighted by atomic mass is 9.97. The Balaban J connectivity index is 2.31. The third kappa shape index (κ3) is 4.82. The molecule has 0 radical (unpaired) electrons. The monoisotopic (exact) mass is 478 g/mol. The molecule has 170 valence electrons. The van der Waals surface area contributed by atoms with Gasteiger partial charge < -0.3 is 11.5 Å². The highest BCUT2D eigenvalue weighted by Crippen LogP contribution is 2.33. The zero-order valence-corrected chi connectivity index (χ0v) is 18.3. The Kier molecular flexibility index (Phi) is 7.29. The zero-order chi connectivity index (χ0) is 23.3. The van der Waals surface area contributed by atoms with Gasteiger partial charge >= 0.3 is 0 Å². The van der Waals surface area contributed by atoms with E-state index in [1.54, 1.807) is 24.3 Å². The normalized spacial score (nSPS) is 13.2. The molecule has 1 aromatic heterocycles. The van der Waals surface area contributed by atoms with Crippen LogP contribution in [-0.4, -0.2) is 46.7 Å². The van der Waals surface area contributed by atoms with Crippen LogP contribution in [0, 0.1) is 0 Å². The van der Waals surface area contributed by atoms with Gasteiger partial charge in [-0.1, -0.05) is 24.3 Å². The minimum atomic E-state index is -4.10. The standard InChI is InChI=1S/C17H22N10O3S2/c18-6-7-24-32(29,30)13-5-4-12(14(15(13)31(21)28)16(19)25-27-20)10-2-1-3-11(8-10)17-22-9-23-26-17/h1-5,8-9,24,27H,6-7,18,20-21H2,(H2,19,25)(H,22,23,26). The molecule has 0 aliphatic rings. The molecule has 32 heavy (non-hydrogen) atoms. The van der Waals surface area contributed by atoms with Crippen LogP contribution in [0.1, 0.15) is 5.56 Å². The van der Waals surface area contributed by atoms with Crippen LogP contribution in [0.2, 0.25) is 0 Å². The Bertz CT molecular complexity index is 1260. The van der Waals surface area contributed by atoms with Gasteiger partial charge in [-0.3, -0.25) is 5.10 Å². The SMILES string of the molecule is NCCNS(=O)(=O)c1ccc(-c2cccc(-c3ncn[nH]3)c2)c(/C(N)=N/NN)c1S(N)=O. The van der Waals surface area contributed by atoms with Gasteiger partial charge in [0.25, 0.3) is 0 Å². The van der Waals surface area contributed by atoms with Crippen molar-refractivity contribution in [2.45, 2.75) is 9.79 Å². The van der Waals surface area contributed by atoms with Gasteiger partial charge in [-0.2, -0.15) is 5.10 Å². The number of H-pyrrole nitrogens is 1. The lowest BCUT2D eigenvalue weighted by Gasteiger charge is -2.18. The number of hydrazine groups is 1. The maximum absolute atomic E-state index is 12.8. The summed E-state index contributed by atoms with van der Waals surface area (Å²) in [5.41, 5.74) is 15.3. The Labute approximate surface area is 186 Å². The highest BCUT2D eigenvalue weighted by Gasteiger charge is 2.27. The van der Waals surface area contributed by atoms with Crippen molar-refractivity contribution < 1.29 is 12.6 Å². The summed E-state index contributed by atoms with van der Waals surface area (Å²) in [5.74, 6) is 5.58. The van der Waals surface area contributed by atoms with Crippen LogP contribution in [0.15, 0.2) is 57.6 Å². The van der Waals surface area contributed by atoms with Crippen molar-refractivity contribution in [3.8, 4) is 22.5 Å². The molecule has 3 aromatic rings. The maximum atomic E-state index is 12.8. The summed E-state index contributed by atoms with van der Waals surface area (Å²) in [5, 5.41) is 16.0. The number of hydrazone groups is 1. The number of aromatic amines is 1. The number of amidine groups is 1. The number of rotatable bonds is 9. The molecule has 0 amide bonds. The van der Waals surface area contributed by atoms with Crippen molar-refractivity contribution in [1.82, 2.24) is 25.4 Å². The van der Waals surface area contributed by atoms with E-state index < -0.39 is 21.0 Å². The first kappa shape index (κ1) is 23.5. The summed E-state index contributed by atoms with van der Waals surface area (Å²) >= 11 is 0. The minimum Gasteiger partial charge on any atom is -0.382 e. The number of nitrogens with zero attached hydrogens (tertiary/aromatic N) is 3. The van der Waals surface area contributed by atoms with E-state index in [1.807, 2.05) is 0 Å². The molecular weight excluding hydrogens is 456 g/mol. The molecule has 15 heteroatoms. The summed E-state index contributed by atoms with van der Waals surface area (Å²) < 4.78 is 40.5. The van der Waals surface area contributed by atoms with Crippen molar-refractivity contribution in [1.29, 1.82) is 0 Å². The van der Waals surface area contributed by atoms with Gasteiger partial charge in [-0.05, 0) is 23.3 Å². The second-order valence-corrected chi connectivity index (χ2v) is 9.08. The topological polar surface area (TPSA) is 233 Å². The number of sulfonamides is 1. The molecule has 11 N–H and O–H groups in total. The van der Waals surface area contributed by atoms with E-state index in [9.17, 15) is 12.6 Å². The molecule has 1 atom stereocenters. The highest BCUT2D eigenvalue weighted by atomic mass is 32.2. The van der Waals surface area contributed by atoms with Gasteiger partial charge in [0.15, 0.2) is 11.7 Å². The average Bonchev–Trinajstić information content (AvgIpc) is 3.32. The van der Waals surface area contributed by atoms with Gasteiger partial charge in [0.05, 0.1) is 4.90 Å². The minimum absolute atomic E-state index is 0.0246. The summed E-state index contributed by atoms with van der Waals surface area (Å²) in [6.45, 7) is 0.0452. The first-order chi connectivity index (χ1) is 15.3. The van der Waals surface area contributed by atoms with Crippen LogP contribution in [0.25, 0.3) is 22.5 Å². The van der Waals surface area contributed by atoms with E-state index >= 15 is 0 Å².